The minimum atomic E-state index is -1.22. The quantitative estimate of drug-likeness (QED) is 0.802. The van der Waals surface area contributed by atoms with Gasteiger partial charge >= 0.3 is 6.03 Å². The van der Waals surface area contributed by atoms with Crippen LogP contribution in [0.4, 0.5) is 10.6 Å². The number of anilines is 1. The number of aromatic nitrogens is 1. The molecule has 0 bridgehead atoms. The molecule has 0 spiro atoms. The molecular weight excluding hydrogens is 274 g/mol. The Labute approximate surface area is 122 Å². The molecule has 3 N–H and O–H groups in total. The second-order valence-electron chi connectivity index (χ2n) is 5.23. The van der Waals surface area contributed by atoms with Crippen molar-refractivity contribution in [3.05, 3.63) is 35.0 Å². The summed E-state index contributed by atoms with van der Waals surface area (Å²) in [5, 5.41) is 19.2. The van der Waals surface area contributed by atoms with Gasteiger partial charge in [0.25, 0.3) is 0 Å². The standard InChI is InChI=1S/C14H19N3O4/c1-8-5-11(10(3)20-8)14(4,19)7-15-13(18)16-12-6-9(2)21-17-12/h5-6,19H,7H2,1-4H3,(H2,15,16,17,18)/t14-/m1/s1. The summed E-state index contributed by atoms with van der Waals surface area (Å²) in [6.07, 6.45) is 0. The van der Waals surface area contributed by atoms with Crippen molar-refractivity contribution in [2.24, 2.45) is 0 Å². The van der Waals surface area contributed by atoms with Crippen LogP contribution in [0.15, 0.2) is 21.1 Å². The summed E-state index contributed by atoms with van der Waals surface area (Å²) in [5.41, 5.74) is -0.573. The van der Waals surface area contributed by atoms with E-state index >= 15 is 0 Å². The summed E-state index contributed by atoms with van der Waals surface area (Å²) >= 11 is 0. The van der Waals surface area contributed by atoms with E-state index in [1.165, 1.54) is 0 Å². The Kier molecular flexibility index (Phi) is 4.04. The smallest absolute Gasteiger partial charge is 0.320 e. The van der Waals surface area contributed by atoms with Gasteiger partial charge in [0.1, 0.15) is 22.9 Å². The van der Waals surface area contributed by atoms with E-state index in [-0.39, 0.29) is 6.54 Å². The summed E-state index contributed by atoms with van der Waals surface area (Å²) in [5.74, 6) is 2.26. The lowest BCUT2D eigenvalue weighted by atomic mass is 9.96. The Morgan fingerprint density at radius 2 is 2.05 bits per heavy atom. The Morgan fingerprint density at radius 3 is 2.57 bits per heavy atom. The molecule has 2 aromatic heterocycles. The molecule has 7 heteroatoms. The highest BCUT2D eigenvalue weighted by atomic mass is 16.5. The molecule has 0 aliphatic heterocycles. The van der Waals surface area contributed by atoms with E-state index in [1.54, 1.807) is 39.8 Å². The Bertz CT molecular complexity index is 642. The molecule has 7 nitrogen and oxygen atoms in total. The van der Waals surface area contributed by atoms with Crippen LogP contribution in [0.25, 0.3) is 0 Å². The van der Waals surface area contributed by atoms with Crippen LogP contribution in [-0.4, -0.2) is 22.8 Å². The third-order valence-electron chi connectivity index (χ3n) is 3.08. The van der Waals surface area contributed by atoms with Gasteiger partial charge in [-0.15, -0.1) is 0 Å². The number of hydrogen-bond donors (Lipinski definition) is 3. The molecular formula is C14H19N3O4. The molecule has 21 heavy (non-hydrogen) atoms. The number of nitrogens with zero attached hydrogens (tertiary/aromatic N) is 1. The van der Waals surface area contributed by atoms with Crippen molar-refractivity contribution >= 4 is 11.8 Å². The molecule has 0 saturated heterocycles. The molecule has 2 aromatic rings. The fourth-order valence-electron chi connectivity index (χ4n) is 2.10. The summed E-state index contributed by atoms with van der Waals surface area (Å²) in [6, 6.07) is 2.89. The molecule has 0 aliphatic rings. The van der Waals surface area contributed by atoms with Crippen molar-refractivity contribution in [3.63, 3.8) is 0 Å². The van der Waals surface area contributed by atoms with Crippen molar-refractivity contribution < 1.29 is 18.8 Å². The number of aryl methyl sites for hydroxylation is 3. The zero-order valence-corrected chi connectivity index (χ0v) is 12.5. The maximum absolute atomic E-state index is 11.8. The molecule has 0 aromatic carbocycles. The van der Waals surface area contributed by atoms with Gasteiger partial charge in [0.2, 0.25) is 0 Å². The van der Waals surface area contributed by atoms with Gasteiger partial charge in [0.05, 0.1) is 6.54 Å². The van der Waals surface area contributed by atoms with E-state index in [0.29, 0.717) is 28.7 Å². The largest absolute Gasteiger partial charge is 0.466 e. The second-order valence-corrected chi connectivity index (χ2v) is 5.23. The zero-order valence-electron chi connectivity index (χ0n) is 12.5. The third-order valence-corrected chi connectivity index (χ3v) is 3.08. The number of rotatable bonds is 4. The lowest BCUT2D eigenvalue weighted by Crippen LogP contribution is -2.40. The van der Waals surface area contributed by atoms with E-state index < -0.39 is 11.6 Å². The van der Waals surface area contributed by atoms with Gasteiger partial charge < -0.3 is 19.4 Å². The minimum absolute atomic E-state index is 0.0372. The number of aliphatic hydroxyl groups is 1. The van der Waals surface area contributed by atoms with Gasteiger partial charge in [0, 0.05) is 11.6 Å². The van der Waals surface area contributed by atoms with Gasteiger partial charge in [0.15, 0.2) is 5.82 Å². The lowest BCUT2D eigenvalue weighted by Gasteiger charge is -2.23. The van der Waals surface area contributed by atoms with Crippen molar-refractivity contribution in [3.8, 4) is 0 Å². The van der Waals surface area contributed by atoms with Crippen LogP contribution >= 0.6 is 0 Å². The number of carbonyl (C=O) groups excluding carboxylic acids is 1. The highest BCUT2D eigenvalue weighted by molar-refractivity contribution is 5.88. The number of amides is 2. The topological polar surface area (TPSA) is 101 Å². The van der Waals surface area contributed by atoms with Crippen LogP contribution in [-0.2, 0) is 5.60 Å². The number of urea groups is 1. The average molecular weight is 293 g/mol. The molecule has 114 valence electrons. The van der Waals surface area contributed by atoms with Crippen LogP contribution in [0, 0.1) is 20.8 Å². The number of nitrogens with one attached hydrogen (secondary N) is 2. The molecule has 2 rings (SSSR count). The van der Waals surface area contributed by atoms with E-state index in [0.717, 1.165) is 0 Å². The first-order valence-electron chi connectivity index (χ1n) is 6.56. The molecule has 2 heterocycles. The molecule has 0 unspecified atom stereocenters. The Hall–Kier alpha value is -2.28. The van der Waals surface area contributed by atoms with E-state index in [2.05, 4.69) is 15.8 Å². The van der Waals surface area contributed by atoms with Gasteiger partial charge in [-0.2, -0.15) is 0 Å². The van der Waals surface area contributed by atoms with Gasteiger partial charge in [-0.05, 0) is 33.8 Å². The maximum Gasteiger partial charge on any atom is 0.320 e. The van der Waals surface area contributed by atoms with Crippen LogP contribution < -0.4 is 10.6 Å². The molecule has 1 atom stereocenters. The molecule has 0 aliphatic carbocycles. The van der Waals surface area contributed by atoms with Crippen molar-refractivity contribution in [1.29, 1.82) is 0 Å². The molecule has 0 saturated carbocycles. The maximum atomic E-state index is 11.8. The number of carbonyl (C=O) groups is 1. The Morgan fingerprint density at radius 1 is 1.33 bits per heavy atom. The summed E-state index contributed by atoms with van der Waals surface area (Å²) in [7, 11) is 0. The van der Waals surface area contributed by atoms with Crippen molar-refractivity contribution in [2.45, 2.75) is 33.3 Å². The first-order chi connectivity index (χ1) is 9.78. The average Bonchev–Trinajstić information content (AvgIpc) is 2.93. The van der Waals surface area contributed by atoms with Crippen LogP contribution in [0.3, 0.4) is 0 Å². The summed E-state index contributed by atoms with van der Waals surface area (Å²) in [4.78, 5) is 11.8. The fourth-order valence-corrected chi connectivity index (χ4v) is 2.10. The fraction of sp³-hybridized carbons (Fsp3) is 0.429. The predicted octanol–water partition coefficient (Wildman–Crippen LogP) is 2.22. The normalized spacial score (nSPS) is 13.8. The van der Waals surface area contributed by atoms with E-state index in [4.69, 9.17) is 8.94 Å². The highest BCUT2D eigenvalue weighted by Gasteiger charge is 2.28. The number of furan rings is 1. The van der Waals surface area contributed by atoms with Gasteiger partial charge in [-0.3, -0.25) is 5.32 Å². The van der Waals surface area contributed by atoms with Crippen LogP contribution in [0.5, 0.6) is 0 Å². The molecule has 0 radical (unpaired) electrons. The monoisotopic (exact) mass is 293 g/mol. The highest BCUT2D eigenvalue weighted by Crippen LogP contribution is 2.26. The minimum Gasteiger partial charge on any atom is -0.466 e. The summed E-state index contributed by atoms with van der Waals surface area (Å²) in [6.45, 7) is 6.96. The number of hydrogen-bond acceptors (Lipinski definition) is 5. The zero-order chi connectivity index (χ0) is 15.6. The predicted molar refractivity (Wildman–Crippen MR) is 76.0 cm³/mol. The summed E-state index contributed by atoms with van der Waals surface area (Å²) < 4.78 is 10.2. The van der Waals surface area contributed by atoms with Gasteiger partial charge in [-0.1, -0.05) is 5.16 Å². The first kappa shape index (κ1) is 15.1. The van der Waals surface area contributed by atoms with Crippen molar-refractivity contribution in [2.75, 3.05) is 11.9 Å². The van der Waals surface area contributed by atoms with Crippen LogP contribution in [0.2, 0.25) is 0 Å². The molecule has 2 amide bonds. The Balaban J connectivity index is 1.95. The second kappa shape index (κ2) is 5.61. The van der Waals surface area contributed by atoms with E-state index in [9.17, 15) is 9.90 Å². The molecule has 0 fully saturated rings. The van der Waals surface area contributed by atoms with E-state index in [1.807, 2.05) is 0 Å². The SMILES string of the molecule is Cc1cc(NC(=O)NC[C@@](C)(O)c2cc(C)oc2C)no1. The third kappa shape index (κ3) is 3.63. The first-order valence-corrected chi connectivity index (χ1v) is 6.56. The lowest BCUT2D eigenvalue weighted by molar-refractivity contribution is 0.0584. The van der Waals surface area contributed by atoms with Gasteiger partial charge in [-0.25, -0.2) is 4.79 Å². The van der Waals surface area contributed by atoms with Crippen LogP contribution in [0.1, 0.15) is 29.8 Å². The van der Waals surface area contributed by atoms with Crippen molar-refractivity contribution in [1.82, 2.24) is 10.5 Å².